The molecule has 2 amide bonds. The van der Waals surface area contributed by atoms with Crippen molar-refractivity contribution >= 4 is 35.1 Å². The van der Waals surface area contributed by atoms with E-state index in [1.54, 1.807) is 12.5 Å². The van der Waals surface area contributed by atoms with Gasteiger partial charge in [-0.2, -0.15) is 0 Å². The van der Waals surface area contributed by atoms with E-state index in [0.717, 1.165) is 23.5 Å². The molecule has 0 saturated carbocycles. The van der Waals surface area contributed by atoms with Gasteiger partial charge in [0.2, 0.25) is 0 Å². The van der Waals surface area contributed by atoms with Crippen molar-refractivity contribution in [2.45, 2.75) is 17.9 Å². The van der Waals surface area contributed by atoms with Crippen LogP contribution in [-0.2, 0) is 6.54 Å². The third-order valence-corrected chi connectivity index (χ3v) is 4.13. The summed E-state index contributed by atoms with van der Waals surface area (Å²) in [6.45, 7) is 1.42. The van der Waals surface area contributed by atoms with Crippen LogP contribution in [0.1, 0.15) is 6.42 Å². The van der Waals surface area contributed by atoms with Gasteiger partial charge < -0.3 is 15.2 Å². The van der Waals surface area contributed by atoms with Gasteiger partial charge in [-0.15, -0.1) is 11.8 Å². The fraction of sp³-hybridized carbons (Fsp3) is 0.286. The highest BCUT2D eigenvalue weighted by Crippen LogP contribution is 2.32. The van der Waals surface area contributed by atoms with Crippen molar-refractivity contribution in [3.63, 3.8) is 0 Å². The second kappa shape index (κ2) is 7.95. The van der Waals surface area contributed by atoms with Crippen molar-refractivity contribution < 1.29 is 4.79 Å². The van der Waals surface area contributed by atoms with Crippen LogP contribution in [0.15, 0.2) is 41.8 Å². The first-order chi connectivity index (χ1) is 10.2. The molecule has 0 saturated heterocycles. The van der Waals surface area contributed by atoms with Gasteiger partial charge in [-0.3, -0.25) is 0 Å². The Hall–Kier alpha value is -1.66. The van der Waals surface area contributed by atoms with Crippen molar-refractivity contribution in [3.8, 4) is 0 Å². The normalized spacial score (nSPS) is 10.4. The molecule has 112 valence electrons. The average molecular weight is 325 g/mol. The van der Waals surface area contributed by atoms with E-state index in [-0.39, 0.29) is 6.03 Å². The molecule has 2 aromatic rings. The van der Waals surface area contributed by atoms with Crippen LogP contribution in [0.2, 0.25) is 5.02 Å². The van der Waals surface area contributed by atoms with E-state index in [2.05, 4.69) is 15.6 Å². The Morgan fingerprint density at radius 2 is 2.33 bits per heavy atom. The highest BCUT2D eigenvalue weighted by atomic mass is 35.5. The maximum atomic E-state index is 11.9. The number of benzene rings is 1. The molecule has 2 N–H and O–H groups in total. The summed E-state index contributed by atoms with van der Waals surface area (Å²) in [4.78, 5) is 16.7. The number of nitrogens with one attached hydrogen (secondary N) is 2. The molecular formula is C14H17ClN4OS. The summed E-state index contributed by atoms with van der Waals surface area (Å²) in [5.41, 5.74) is 0.724. The number of anilines is 1. The number of thioether (sulfide) groups is 1. The Balaban J connectivity index is 1.78. The molecule has 0 unspecified atom stereocenters. The second-order valence-corrected chi connectivity index (χ2v) is 5.58. The quantitative estimate of drug-likeness (QED) is 0.632. The first kappa shape index (κ1) is 15.7. The Bertz CT molecular complexity index is 589. The molecule has 21 heavy (non-hydrogen) atoms. The molecule has 0 aliphatic heterocycles. The van der Waals surface area contributed by atoms with Crippen LogP contribution in [0.5, 0.6) is 0 Å². The van der Waals surface area contributed by atoms with E-state index >= 15 is 0 Å². The number of nitrogens with zero attached hydrogens (tertiary/aromatic N) is 2. The Morgan fingerprint density at radius 3 is 3.05 bits per heavy atom. The number of rotatable bonds is 6. The first-order valence-corrected chi connectivity index (χ1v) is 8.14. The zero-order valence-corrected chi connectivity index (χ0v) is 13.2. The monoisotopic (exact) mass is 324 g/mol. The molecule has 0 aliphatic carbocycles. The zero-order chi connectivity index (χ0) is 15.1. The van der Waals surface area contributed by atoms with Crippen molar-refractivity contribution in [2.24, 2.45) is 0 Å². The highest BCUT2D eigenvalue weighted by molar-refractivity contribution is 7.98. The summed E-state index contributed by atoms with van der Waals surface area (Å²) in [7, 11) is 0. The van der Waals surface area contributed by atoms with Crippen LogP contribution in [0, 0.1) is 0 Å². The van der Waals surface area contributed by atoms with Crippen molar-refractivity contribution in [3.05, 3.63) is 41.9 Å². The van der Waals surface area contributed by atoms with Crippen LogP contribution >= 0.6 is 23.4 Å². The van der Waals surface area contributed by atoms with E-state index in [1.807, 2.05) is 35.2 Å². The van der Waals surface area contributed by atoms with Gasteiger partial charge in [-0.1, -0.05) is 17.7 Å². The van der Waals surface area contributed by atoms with Crippen molar-refractivity contribution in [2.75, 3.05) is 18.1 Å². The van der Waals surface area contributed by atoms with Crippen molar-refractivity contribution in [1.29, 1.82) is 0 Å². The van der Waals surface area contributed by atoms with E-state index in [9.17, 15) is 4.79 Å². The molecular weight excluding hydrogens is 308 g/mol. The van der Waals surface area contributed by atoms with Crippen LogP contribution in [0.3, 0.4) is 0 Å². The van der Waals surface area contributed by atoms with Crippen LogP contribution < -0.4 is 10.6 Å². The van der Waals surface area contributed by atoms with Gasteiger partial charge in [0, 0.05) is 30.4 Å². The molecule has 5 nitrogen and oxygen atoms in total. The van der Waals surface area contributed by atoms with Crippen LogP contribution in [-0.4, -0.2) is 28.4 Å². The molecule has 0 radical (unpaired) electrons. The summed E-state index contributed by atoms with van der Waals surface area (Å²) < 4.78 is 1.97. The van der Waals surface area contributed by atoms with Gasteiger partial charge in [0.25, 0.3) is 0 Å². The van der Waals surface area contributed by atoms with Gasteiger partial charge in [-0.25, -0.2) is 9.78 Å². The number of aryl methyl sites for hydroxylation is 1. The summed E-state index contributed by atoms with van der Waals surface area (Å²) >= 11 is 7.60. The van der Waals surface area contributed by atoms with Gasteiger partial charge in [-0.05, 0) is 24.8 Å². The maximum Gasteiger partial charge on any atom is 0.319 e. The third-order valence-electron chi connectivity index (χ3n) is 2.86. The minimum absolute atomic E-state index is 0.224. The third kappa shape index (κ3) is 4.68. The average Bonchev–Trinajstić information content (AvgIpc) is 2.97. The maximum absolute atomic E-state index is 11.9. The zero-order valence-electron chi connectivity index (χ0n) is 11.7. The molecule has 0 fully saturated rings. The fourth-order valence-corrected chi connectivity index (χ4v) is 2.87. The minimum Gasteiger partial charge on any atom is -0.338 e. The van der Waals surface area contributed by atoms with E-state index in [0.29, 0.717) is 11.6 Å². The van der Waals surface area contributed by atoms with Crippen molar-refractivity contribution in [1.82, 2.24) is 14.9 Å². The minimum atomic E-state index is -0.224. The molecule has 1 aromatic heterocycles. The van der Waals surface area contributed by atoms with Crippen LogP contribution in [0.25, 0.3) is 0 Å². The lowest BCUT2D eigenvalue weighted by atomic mass is 10.3. The number of aromatic nitrogens is 2. The number of carbonyl (C=O) groups excluding carboxylic acids is 1. The summed E-state index contributed by atoms with van der Waals surface area (Å²) in [5.74, 6) is 0. The number of carbonyl (C=O) groups is 1. The van der Waals surface area contributed by atoms with Gasteiger partial charge >= 0.3 is 6.03 Å². The lowest BCUT2D eigenvalue weighted by Crippen LogP contribution is -2.30. The number of halogens is 1. The lowest BCUT2D eigenvalue weighted by molar-refractivity contribution is 0.251. The molecule has 0 aliphatic rings. The topological polar surface area (TPSA) is 59.0 Å². The molecule has 2 rings (SSSR count). The van der Waals surface area contributed by atoms with E-state index in [4.69, 9.17) is 11.6 Å². The number of amides is 2. The Kier molecular flexibility index (Phi) is 5.95. The van der Waals surface area contributed by atoms with E-state index in [1.165, 1.54) is 11.8 Å². The number of imidazole rings is 1. The SMILES string of the molecule is CSc1c(Cl)cccc1NC(=O)NCCCn1ccnc1. The fourth-order valence-electron chi connectivity index (χ4n) is 1.86. The Labute approximate surface area is 133 Å². The largest absolute Gasteiger partial charge is 0.338 e. The molecule has 1 aromatic carbocycles. The second-order valence-electron chi connectivity index (χ2n) is 4.36. The first-order valence-electron chi connectivity index (χ1n) is 6.54. The molecule has 7 heteroatoms. The standard InChI is InChI=1S/C14H17ClN4OS/c1-21-13-11(15)4-2-5-12(13)18-14(20)17-6-3-8-19-9-7-16-10-19/h2,4-5,7,9-10H,3,6,8H2,1H3,(H2,17,18,20). The van der Waals surface area contributed by atoms with Gasteiger partial charge in [0.1, 0.15) is 0 Å². The molecule has 0 bridgehead atoms. The smallest absolute Gasteiger partial charge is 0.319 e. The Morgan fingerprint density at radius 1 is 1.48 bits per heavy atom. The van der Waals surface area contributed by atoms with Gasteiger partial charge in [0.05, 0.1) is 17.0 Å². The highest BCUT2D eigenvalue weighted by Gasteiger charge is 2.08. The molecule has 0 atom stereocenters. The van der Waals surface area contributed by atoms with Gasteiger partial charge in [0.15, 0.2) is 0 Å². The summed E-state index contributed by atoms with van der Waals surface area (Å²) in [5, 5.41) is 6.29. The predicted octanol–water partition coefficient (Wildman–Crippen LogP) is 3.47. The predicted molar refractivity (Wildman–Crippen MR) is 87.1 cm³/mol. The number of urea groups is 1. The number of hydrogen-bond donors (Lipinski definition) is 2. The van der Waals surface area contributed by atoms with E-state index < -0.39 is 0 Å². The summed E-state index contributed by atoms with van der Waals surface area (Å²) in [6.07, 6.45) is 8.17. The summed E-state index contributed by atoms with van der Waals surface area (Å²) in [6, 6.07) is 5.24. The molecule has 1 heterocycles. The molecule has 0 spiro atoms. The van der Waals surface area contributed by atoms with Crippen LogP contribution in [0.4, 0.5) is 10.5 Å². The lowest BCUT2D eigenvalue weighted by Gasteiger charge is -2.11. The number of hydrogen-bond acceptors (Lipinski definition) is 3.